The molecule has 274 valence electrons. The maximum atomic E-state index is 14.2. The summed E-state index contributed by atoms with van der Waals surface area (Å²) < 4.78 is 103. The number of ether oxygens (including phenoxy) is 4. The minimum absolute atomic E-state index is 0.0465. The van der Waals surface area contributed by atoms with Gasteiger partial charge in [0, 0.05) is 58.0 Å². The maximum Gasteiger partial charge on any atom is 0.327 e. The van der Waals surface area contributed by atoms with Gasteiger partial charge in [0.2, 0.25) is 0 Å². The molecule has 4 aliphatic rings. The Hall–Kier alpha value is 0.310. The molecule has 16 nitrogen and oxygen atoms in total. The third-order valence-corrected chi connectivity index (χ3v) is 14.1. The van der Waals surface area contributed by atoms with Gasteiger partial charge < -0.3 is 37.8 Å². The number of nitrogens with one attached hydrogen (secondary N) is 1. The van der Waals surface area contributed by atoms with E-state index in [2.05, 4.69) is 5.32 Å². The van der Waals surface area contributed by atoms with Gasteiger partial charge in [0.25, 0.3) is 23.9 Å². The quantitative estimate of drug-likeness (QED) is 0.229. The van der Waals surface area contributed by atoms with E-state index >= 15 is 0 Å². The lowest BCUT2D eigenvalue weighted by molar-refractivity contribution is -0.0859. The van der Waals surface area contributed by atoms with Crippen LogP contribution in [-0.4, -0.2) is 147 Å². The van der Waals surface area contributed by atoms with Crippen molar-refractivity contribution < 1.29 is 55.3 Å². The molecule has 4 fully saturated rings. The topological polar surface area (TPSA) is 164 Å². The van der Waals surface area contributed by atoms with Crippen molar-refractivity contribution in [1.82, 2.24) is 19.3 Å². The molecule has 3 unspecified atom stereocenters. The summed E-state index contributed by atoms with van der Waals surface area (Å²) in [7, 11) is -8.92. The highest BCUT2D eigenvalue weighted by atomic mass is 31.2. The van der Waals surface area contributed by atoms with Crippen molar-refractivity contribution in [3.8, 4) is 0 Å². The zero-order chi connectivity index (χ0) is 34.1. The molecule has 0 spiro atoms. The van der Waals surface area contributed by atoms with Crippen LogP contribution in [-0.2, 0) is 55.3 Å². The van der Waals surface area contributed by atoms with E-state index in [1.807, 2.05) is 46.2 Å². The van der Waals surface area contributed by atoms with E-state index in [-0.39, 0.29) is 69.2 Å². The highest BCUT2D eigenvalue weighted by molar-refractivity contribution is 7.57. The summed E-state index contributed by atoms with van der Waals surface area (Å²) in [4.78, 5) is 0. The molecular weight excluding hydrogens is 696 g/mol. The fourth-order valence-corrected chi connectivity index (χ4v) is 11.4. The number of rotatable bonds is 16. The number of morpholine rings is 4. The summed E-state index contributed by atoms with van der Waals surface area (Å²) in [6.45, 7) is 15.5. The molecule has 47 heavy (non-hydrogen) atoms. The lowest BCUT2D eigenvalue weighted by Gasteiger charge is -2.42. The first-order valence-electron chi connectivity index (χ1n) is 16.5. The average molecular weight is 751 g/mol. The Kier molecular flexibility index (Phi) is 16.4. The predicted molar refractivity (Wildman–Crippen MR) is 177 cm³/mol. The summed E-state index contributed by atoms with van der Waals surface area (Å²) in [5.74, 6) is 0. The minimum Gasteiger partial charge on any atom is -0.370 e. The molecule has 0 aromatic rings. The third-order valence-electron chi connectivity index (χ3n) is 8.30. The maximum absolute atomic E-state index is 14.2. The van der Waals surface area contributed by atoms with Crippen molar-refractivity contribution in [3.63, 3.8) is 0 Å². The highest BCUT2D eigenvalue weighted by Crippen LogP contribution is 2.56. The molecule has 4 rings (SSSR count). The second kappa shape index (κ2) is 19.2. The summed E-state index contributed by atoms with van der Waals surface area (Å²) in [6.07, 6.45) is -2.03. The van der Waals surface area contributed by atoms with Gasteiger partial charge in [-0.25, -0.2) is 18.6 Å². The molecule has 0 aromatic carbocycles. The van der Waals surface area contributed by atoms with Crippen molar-refractivity contribution in [2.75, 3.05) is 78.8 Å². The van der Waals surface area contributed by atoms with Crippen LogP contribution in [0.5, 0.6) is 0 Å². The van der Waals surface area contributed by atoms with E-state index in [9.17, 15) is 18.3 Å². The second-order valence-electron chi connectivity index (χ2n) is 13.1. The Morgan fingerprint density at radius 1 is 0.723 bits per heavy atom. The Morgan fingerprint density at radius 3 is 1.79 bits per heavy atom. The van der Waals surface area contributed by atoms with Crippen LogP contribution in [0.15, 0.2) is 0 Å². The molecule has 4 aliphatic heterocycles. The smallest absolute Gasteiger partial charge is 0.327 e. The lowest BCUT2D eigenvalue weighted by Crippen LogP contribution is -2.48. The van der Waals surface area contributed by atoms with Gasteiger partial charge in [-0.1, -0.05) is 13.8 Å². The molecule has 0 radical (unpaired) electrons. The van der Waals surface area contributed by atoms with Crippen LogP contribution in [0.2, 0.25) is 0 Å². The molecule has 0 amide bonds. The van der Waals surface area contributed by atoms with Crippen molar-refractivity contribution in [2.45, 2.75) is 96.0 Å². The Morgan fingerprint density at radius 2 is 1.23 bits per heavy atom. The first-order valence-corrected chi connectivity index (χ1v) is 21.4. The van der Waals surface area contributed by atoms with Crippen LogP contribution in [0, 0.1) is 0 Å². The van der Waals surface area contributed by atoms with Gasteiger partial charge >= 0.3 is 8.69 Å². The molecule has 0 aliphatic carbocycles. The lowest BCUT2D eigenvalue weighted by atomic mass is 10.2. The van der Waals surface area contributed by atoms with E-state index in [4.69, 9.17) is 37.0 Å². The standard InChI is InChI=1S/C27H54N4O12P4/c1-19(2)47(35,31-11-23(6)43-27(14-31)15-36-44-32)39-18-26-13-30(10-22(5)42-26)46(34)38-17-25-12-29(9-21(4)41-25)45(33)37-16-24-8-28-7-20(3)40-24/h19-28,45-46H,7-18H2,1-6H3/t20-,21-,22-,23-,24-,25-,26-,27-,47?/m0/s1. The fraction of sp³-hybridized carbons (Fsp3) is 1.00. The Labute approximate surface area is 281 Å². The van der Waals surface area contributed by atoms with E-state index in [1.54, 1.807) is 9.34 Å². The molecule has 4 saturated heterocycles. The molecule has 11 atom stereocenters. The Balaban J connectivity index is 1.26. The van der Waals surface area contributed by atoms with Crippen LogP contribution in [0.4, 0.5) is 0 Å². The SMILES string of the molecule is CC(C)P(=O)(OC[C@@H]1CN([PH](=O)OC[C@@H]2CN([PH](=O)OC[C@@H]3CNC[C@H](C)O3)C[C@H](C)O2)C[C@H](C)O1)N1C[C@@H](COP=O)O[C@@H](C)C1. The van der Waals surface area contributed by atoms with Crippen molar-refractivity contribution in [2.24, 2.45) is 0 Å². The van der Waals surface area contributed by atoms with Gasteiger partial charge in [0.05, 0.1) is 75.3 Å². The third kappa shape index (κ3) is 12.2. The summed E-state index contributed by atoms with van der Waals surface area (Å²) in [5, 5.41) is 3.28. The van der Waals surface area contributed by atoms with Crippen LogP contribution < -0.4 is 5.32 Å². The van der Waals surface area contributed by atoms with Crippen molar-refractivity contribution in [1.29, 1.82) is 0 Å². The summed E-state index contributed by atoms with van der Waals surface area (Å²) in [6, 6.07) is 0. The molecule has 0 aromatic heterocycles. The normalized spacial score (nSPS) is 36.3. The van der Waals surface area contributed by atoms with Crippen LogP contribution in [0.3, 0.4) is 0 Å². The number of nitrogens with zero attached hydrogens (tertiary/aromatic N) is 3. The van der Waals surface area contributed by atoms with Crippen LogP contribution >= 0.6 is 32.6 Å². The average Bonchev–Trinajstić information content (AvgIpc) is 3.03. The monoisotopic (exact) mass is 750 g/mol. The van der Waals surface area contributed by atoms with Crippen LogP contribution in [0.1, 0.15) is 41.5 Å². The van der Waals surface area contributed by atoms with E-state index in [1.165, 1.54) is 0 Å². The molecular formula is C27H54N4O12P4. The fourth-order valence-electron chi connectivity index (χ4n) is 6.26. The molecule has 0 bridgehead atoms. The van der Waals surface area contributed by atoms with Gasteiger partial charge in [-0.3, -0.25) is 18.2 Å². The zero-order valence-electron chi connectivity index (χ0n) is 28.3. The van der Waals surface area contributed by atoms with Crippen molar-refractivity contribution >= 4 is 32.6 Å². The van der Waals surface area contributed by atoms with Gasteiger partial charge in [-0.2, -0.15) is 0 Å². The van der Waals surface area contributed by atoms with E-state index in [0.717, 1.165) is 6.54 Å². The predicted octanol–water partition coefficient (Wildman–Crippen LogP) is 3.29. The molecule has 1 N–H and O–H groups in total. The van der Waals surface area contributed by atoms with Gasteiger partial charge in [-0.15, -0.1) is 0 Å². The van der Waals surface area contributed by atoms with E-state index < -0.39 is 50.9 Å². The number of hydrogen-bond acceptors (Lipinski definition) is 13. The first-order chi connectivity index (χ1) is 22.4. The number of hydrogen-bond donors (Lipinski definition) is 1. The summed E-state index contributed by atoms with van der Waals surface area (Å²) in [5.41, 5.74) is -0.299. The molecule has 0 saturated carbocycles. The van der Waals surface area contributed by atoms with Gasteiger partial charge in [0.1, 0.15) is 0 Å². The zero-order valence-corrected chi connectivity index (χ0v) is 32.1. The van der Waals surface area contributed by atoms with Gasteiger partial charge in [0.15, 0.2) is 0 Å². The summed E-state index contributed by atoms with van der Waals surface area (Å²) >= 11 is 0. The Bertz CT molecular complexity index is 1100. The van der Waals surface area contributed by atoms with Crippen LogP contribution in [0.25, 0.3) is 0 Å². The first kappa shape index (κ1) is 40.1. The van der Waals surface area contributed by atoms with Gasteiger partial charge in [-0.05, 0) is 27.7 Å². The largest absolute Gasteiger partial charge is 0.370 e. The van der Waals surface area contributed by atoms with E-state index in [0.29, 0.717) is 39.3 Å². The highest BCUT2D eigenvalue weighted by Gasteiger charge is 2.42. The molecule has 4 heterocycles. The second-order valence-corrected chi connectivity index (χ2v) is 19.4. The van der Waals surface area contributed by atoms with Crippen molar-refractivity contribution in [3.05, 3.63) is 0 Å². The molecule has 20 heteroatoms. The minimum atomic E-state index is -3.32.